The minimum atomic E-state index is -0.447. The van der Waals surface area contributed by atoms with E-state index in [9.17, 15) is 9.59 Å². The SMILES string of the molecule is CCOC(=O)Cc1cc(=O)[nH]c([NH+]=C(N)Nc2ccc(C)cc2C)n1. The first-order chi connectivity index (χ1) is 11.9. The zero-order valence-electron chi connectivity index (χ0n) is 14.5. The Bertz CT molecular complexity index is 858. The number of aromatic nitrogens is 2. The number of guanidine groups is 1. The summed E-state index contributed by atoms with van der Waals surface area (Å²) in [5, 5.41) is 3.02. The van der Waals surface area contributed by atoms with Gasteiger partial charge in [0.1, 0.15) is 5.69 Å². The maximum absolute atomic E-state index is 11.7. The van der Waals surface area contributed by atoms with Crippen LogP contribution in [0, 0.1) is 13.8 Å². The predicted octanol–water partition coefficient (Wildman–Crippen LogP) is -0.369. The zero-order valence-corrected chi connectivity index (χ0v) is 14.5. The average Bonchev–Trinajstić information content (AvgIpc) is 2.49. The summed E-state index contributed by atoms with van der Waals surface area (Å²) >= 11 is 0. The van der Waals surface area contributed by atoms with Gasteiger partial charge >= 0.3 is 11.9 Å². The van der Waals surface area contributed by atoms with Crippen molar-refractivity contribution in [2.75, 3.05) is 11.9 Å². The van der Waals surface area contributed by atoms with Gasteiger partial charge in [-0.1, -0.05) is 17.7 Å². The fourth-order valence-corrected chi connectivity index (χ4v) is 2.28. The van der Waals surface area contributed by atoms with E-state index in [2.05, 4.69) is 20.3 Å². The molecule has 0 spiro atoms. The number of rotatable bonds is 5. The third kappa shape index (κ3) is 5.45. The van der Waals surface area contributed by atoms with Crippen molar-refractivity contribution < 1.29 is 14.5 Å². The first-order valence-electron chi connectivity index (χ1n) is 7.87. The second-order valence-electron chi connectivity index (χ2n) is 5.55. The lowest BCUT2D eigenvalue weighted by atomic mass is 10.1. The van der Waals surface area contributed by atoms with Crippen molar-refractivity contribution in [1.82, 2.24) is 9.97 Å². The average molecular weight is 344 g/mol. The van der Waals surface area contributed by atoms with Gasteiger partial charge in [-0.25, -0.2) is 9.98 Å². The van der Waals surface area contributed by atoms with Crippen molar-refractivity contribution in [1.29, 1.82) is 0 Å². The highest BCUT2D eigenvalue weighted by Gasteiger charge is 2.11. The van der Waals surface area contributed by atoms with Crippen LogP contribution in [0.1, 0.15) is 23.7 Å². The molecule has 1 heterocycles. The van der Waals surface area contributed by atoms with Crippen molar-refractivity contribution >= 4 is 23.6 Å². The van der Waals surface area contributed by atoms with Crippen molar-refractivity contribution in [2.45, 2.75) is 27.2 Å². The minimum absolute atomic E-state index is 0.0865. The fraction of sp³-hybridized carbons (Fsp3) is 0.294. The second-order valence-corrected chi connectivity index (χ2v) is 5.55. The molecule has 0 aliphatic rings. The Morgan fingerprint density at radius 2 is 2.12 bits per heavy atom. The van der Waals surface area contributed by atoms with Crippen LogP contribution < -0.4 is 21.6 Å². The number of aromatic amines is 1. The highest BCUT2D eigenvalue weighted by Crippen LogP contribution is 2.14. The van der Waals surface area contributed by atoms with Crippen LogP contribution >= 0.6 is 0 Å². The summed E-state index contributed by atoms with van der Waals surface area (Å²) in [6.45, 7) is 5.95. The molecule has 8 nitrogen and oxygen atoms in total. The first kappa shape index (κ1) is 18.2. The van der Waals surface area contributed by atoms with Crippen LogP contribution in [0.4, 0.5) is 11.6 Å². The summed E-state index contributed by atoms with van der Waals surface area (Å²) in [5.74, 6) is -0.109. The molecule has 1 aromatic heterocycles. The van der Waals surface area contributed by atoms with E-state index >= 15 is 0 Å². The number of carbonyl (C=O) groups excluding carboxylic acids is 1. The van der Waals surface area contributed by atoms with E-state index in [0.717, 1.165) is 16.8 Å². The molecular formula is C17H22N5O3+. The van der Waals surface area contributed by atoms with E-state index in [1.807, 2.05) is 32.0 Å². The third-order valence-corrected chi connectivity index (χ3v) is 3.33. The zero-order chi connectivity index (χ0) is 18.4. The van der Waals surface area contributed by atoms with Crippen LogP contribution in [-0.4, -0.2) is 28.5 Å². The van der Waals surface area contributed by atoms with Gasteiger partial charge in [0.15, 0.2) is 0 Å². The molecule has 0 amide bonds. The number of H-pyrrole nitrogens is 1. The number of nitrogens with two attached hydrogens (primary N) is 1. The topological polar surface area (TPSA) is 124 Å². The number of carbonyl (C=O) groups is 1. The Morgan fingerprint density at radius 3 is 2.80 bits per heavy atom. The Hall–Kier alpha value is -3.16. The van der Waals surface area contributed by atoms with Gasteiger partial charge in [0.2, 0.25) is 0 Å². The van der Waals surface area contributed by atoms with Crippen molar-refractivity contribution in [3.05, 3.63) is 51.4 Å². The van der Waals surface area contributed by atoms with Gasteiger partial charge in [0, 0.05) is 6.07 Å². The molecule has 0 aliphatic carbocycles. The van der Waals surface area contributed by atoms with Crippen LogP contribution in [-0.2, 0) is 16.0 Å². The fourth-order valence-electron chi connectivity index (χ4n) is 2.28. The summed E-state index contributed by atoms with van der Waals surface area (Å²) in [5.41, 5.74) is 8.85. The number of esters is 1. The Kier molecular flexibility index (Phi) is 5.89. The largest absolute Gasteiger partial charge is 0.466 e. The van der Waals surface area contributed by atoms with Crippen LogP contribution in [0.15, 0.2) is 29.1 Å². The number of aryl methyl sites for hydroxylation is 2. The molecule has 5 N–H and O–H groups in total. The molecule has 132 valence electrons. The molecule has 1 aromatic carbocycles. The molecule has 0 atom stereocenters. The lowest BCUT2D eigenvalue weighted by Gasteiger charge is -2.06. The normalized spacial score (nSPS) is 11.2. The highest BCUT2D eigenvalue weighted by atomic mass is 16.5. The predicted molar refractivity (Wildman–Crippen MR) is 94.6 cm³/mol. The van der Waals surface area contributed by atoms with Crippen molar-refractivity contribution in [3.8, 4) is 0 Å². The summed E-state index contributed by atoms with van der Waals surface area (Å²) in [6, 6.07) is 7.14. The Balaban J connectivity index is 2.19. The molecule has 0 saturated heterocycles. The van der Waals surface area contributed by atoms with Gasteiger partial charge in [-0.05, 0) is 32.4 Å². The Morgan fingerprint density at radius 1 is 1.36 bits per heavy atom. The van der Waals surface area contributed by atoms with E-state index in [4.69, 9.17) is 10.5 Å². The molecule has 0 radical (unpaired) electrons. The number of nitrogens with one attached hydrogen (secondary N) is 3. The van der Waals surface area contributed by atoms with Gasteiger partial charge in [-0.3, -0.25) is 14.9 Å². The van der Waals surface area contributed by atoms with E-state index in [0.29, 0.717) is 5.69 Å². The summed E-state index contributed by atoms with van der Waals surface area (Å²) in [4.78, 5) is 32.7. The van der Waals surface area contributed by atoms with Gasteiger partial charge < -0.3 is 10.5 Å². The number of nitrogens with zero attached hydrogens (tertiary/aromatic N) is 1. The molecule has 0 saturated carbocycles. The third-order valence-electron chi connectivity index (χ3n) is 3.33. The van der Waals surface area contributed by atoms with Crippen molar-refractivity contribution in [2.24, 2.45) is 5.73 Å². The lowest BCUT2D eigenvalue weighted by molar-refractivity contribution is -0.365. The summed E-state index contributed by atoms with van der Waals surface area (Å²) < 4.78 is 4.85. The smallest absolute Gasteiger partial charge is 0.325 e. The number of benzene rings is 1. The van der Waals surface area contributed by atoms with E-state index < -0.39 is 11.5 Å². The van der Waals surface area contributed by atoms with E-state index in [-0.39, 0.29) is 24.9 Å². The standard InChI is InChI=1S/C17H21N5O3/c1-4-25-15(24)9-12-8-14(23)21-17(19-12)22-16(18)20-13-6-5-10(2)7-11(13)3/h5-8H,4,9H2,1-3H3,(H4,18,19,20,21,22,23)/p+1. The molecule has 0 unspecified atom stereocenters. The van der Waals surface area contributed by atoms with Gasteiger partial charge in [-0.15, -0.1) is 4.98 Å². The summed E-state index contributed by atoms with van der Waals surface area (Å²) in [6.07, 6.45) is -0.0865. The van der Waals surface area contributed by atoms with Crippen LogP contribution in [0.5, 0.6) is 0 Å². The number of ether oxygens (including phenoxy) is 1. The molecule has 2 rings (SSSR count). The molecular weight excluding hydrogens is 322 g/mol. The van der Waals surface area contributed by atoms with Gasteiger partial charge in [0.05, 0.1) is 18.7 Å². The molecule has 0 aliphatic heterocycles. The molecule has 0 bridgehead atoms. The minimum Gasteiger partial charge on any atom is -0.466 e. The van der Waals surface area contributed by atoms with Gasteiger partial charge in [-0.2, -0.15) is 0 Å². The maximum atomic E-state index is 11.7. The van der Waals surface area contributed by atoms with Crippen molar-refractivity contribution in [3.63, 3.8) is 0 Å². The van der Waals surface area contributed by atoms with Crippen LogP contribution in [0.2, 0.25) is 0 Å². The Labute approximate surface area is 145 Å². The molecule has 8 heteroatoms. The molecule has 25 heavy (non-hydrogen) atoms. The van der Waals surface area contributed by atoms with E-state index in [1.165, 1.54) is 6.07 Å². The maximum Gasteiger partial charge on any atom is 0.325 e. The van der Waals surface area contributed by atoms with Crippen LogP contribution in [0.3, 0.4) is 0 Å². The summed E-state index contributed by atoms with van der Waals surface area (Å²) in [7, 11) is 0. The lowest BCUT2D eigenvalue weighted by Crippen LogP contribution is -2.73. The molecule has 0 fully saturated rings. The number of hydrogen-bond donors (Lipinski definition) is 4. The van der Waals surface area contributed by atoms with Crippen LogP contribution in [0.25, 0.3) is 0 Å². The van der Waals surface area contributed by atoms with Gasteiger partial charge in [0.25, 0.3) is 11.5 Å². The number of anilines is 1. The quantitative estimate of drug-likeness (QED) is 0.333. The molecule has 2 aromatic rings. The monoisotopic (exact) mass is 344 g/mol. The van der Waals surface area contributed by atoms with E-state index in [1.54, 1.807) is 6.92 Å². The highest BCUT2D eigenvalue weighted by molar-refractivity contribution is 5.89. The number of hydrogen-bond acceptors (Lipinski definition) is 4. The first-order valence-corrected chi connectivity index (χ1v) is 7.87. The second kappa shape index (κ2) is 8.09.